The topological polar surface area (TPSA) is 59.6 Å². The Morgan fingerprint density at radius 2 is 1.90 bits per heavy atom. The van der Waals surface area contributed by atoms with Crippen LogP contribution in [0.2, 0.25) is 0 Å². The van der Waals surface area contributed by atoms with Crippen LogP contribution in [-0.2, 0) is 16.0 Å². The van der Waals surface area contributed by atoms with Gasteiger partial charge in [-0.1, -0.05) is 12.1 Å². The van der Waals surface area contributed by atoms with E-state index in [1.54, 1.807) is 14.2 Å². The molecule has 0 spiro atoms. The van der Waals surface area contributed by atoms with Gasteiger partial charge >= 0.3 is 0 Å². The minimum Gasteiger partial charge on any atom is -0.497 e. The highest BCUT2D eigenvalue weighted by Gasteiger charge is 2.10. The average molecular weight is 294 g/mol. The second-order valence-corrected chi connectivity index (χ2v) is 4.91. The molecular weight excluding hydrogens is 268 g/mol. The molecule has 0 fully saturated rings. The molecule has 0 aliphatic carbocycles. The molecule has 5 heteroatoms. The monoisotopic (exact) mass is 294 g/mol. The van der Waals surface area contributed by atoms with E-state index in [0.29, 0.717) is 13.2 Å². The van der Waals surface area contributed by atoms with Gasteiger partial charge in [0.25, 0.3) is 0 Å². The summed E-state index contributed by atoms with van der Waals surface area (Å²) in [6.45, 7) is 3.95. The number of methoxy groups -OCH3 is 2. The van der Waals surface area contributed by atoms with Crippen molar-refractivity contribution in [2.75, 3.05) is 33.9 Å². The summed E-state index contributed by atoms with van der Waals surface area (Å²) in [5.41, 5.74) is 1.22. The Hall–Kier alpha value is -1.59. The third kappa shape index (κ3) is 7.11. The molecular formula is C16H26N2O3. The number of hydrogen-bond donors (Lipinski definition) is 2. The molecule has 1 unspecified atom stereocenters. The molecule has 1 aromatic carbocycles. The van der Waals surface area contributed by atoms with E-state index in [1.807, 2.05) is 31.2 Å². The summed E-state index contributed by atoms with van der Waals surface area (Å²) in [4.78, 5) is 11.8. The van der Waals surface area contributed by atoms with Gasteiger partial charge in [-0.25, -0.2) is 0 Å². The van der Waals surface area contributed by atoms with Crippen molar-refractivity contribution in [1.29, 1.82) is 0 Å². The van der Waals surface area contributed by atoms with Crippen LogP contribution in [0.15, 0.2) is 24.3 Å². The minimum absolute atomic E-state index is 0.0285. The molecule has 0 saturated heterocycles. The van der Waals surface area contributed by atoms with Crippen LogP contribution in [0.5, 0.6) is 5.75 Å². The quantitative estimate of drug-likeness (QED) is 0.640. The van der Waals surface area contributed by atoms with Gasteiger partial charge in [0.2, 0.25) is 5.91 Å². The van der Waals surface area contributed by atoms with Gasteiger partial charge in [0.05, 0.1) is 13.2 Å². The van der Waals surface area contributed by atoms with Crippen molar-refractivity contribution in [2.24, 2.45) is 0 Å². The fourth-order valence-electron chi connectivity index (χ4n) is 1.90. The second kappa shape index (κ2) is 10.2. The van der Waals surface area contributed by atoms with E-state index in [2.05, 4.69) is 10.6 Å². The third-order valence-electron chi connectivity index (χ3n) is 3.24. The summed E-state index contributed by atoms with van der Waals surface area (Å²) in [7, 11) is 3.31. The number of nitrogens with one attached hydrogen (secondary N) is 2. The van der Waals surface area contributed by atoms with E-state index in [-0.39, 0.29) is 11.9 Å². The molecule has 118 valence electrons. The predicted octanol–water partition coefficient (Wildman–Crippen LogP) is 1.37. The fraction of sp³-hybridized carbons (Fsp3) is 0.562. The number of rotatable bonds is 10. The predicted molar refractivity (Wildman–Crippen MR) is 83.7 cm³/mol. The Morgan fingerprint density at radius 3 is 2.52 bits per heavy atom. The maximum Gasteiger partial charge on any atom is 0.236 e. The SMILES string of the molecule is COCCCNC(=O)C(C)NCCc1ccc(OC)cc1. The third-order valence-corrected chi connectivity index (χ3v) is 3.24. The standard InChI is InChI=1S/C16H26N2O3/c1-13(16(19)18-10-4-12-20-2)17-11-9-14-5-7-15(21-3)8-6-14/h5-8,13,17H,4,9-12H2,1-3H3,(H,18,19). The van der Waals surface area contributed by atoms with E-state index in [9.17, 15) is 4.79 Å². The van der Waals surface area contributed by atoms with Crippen molar-refractivity contribution in [1.82, 2.24) is 10.6 Å². The lowest BCUT2D eigenvalue weighted by Gasteiger charge is -2.14. The lowest BCUT2D eigenvalue weighted by molar-refractivity contribution is -0.122. The van der Waals surface area contributed by atoms with Gasteiger partial charge in [-0.15, -0.1) is 0 Å². The summed E-state index contributed by atoms with van der Waals surface area (Å²) in [6.07, 6.45) is 1.71. The molecule has 1 atom stereocenters. The van der Waals surface area contributed by atoms with Gasteiger partial charge in [0.1, 0.15) is 5.75 Å². The first-order chi connectivity index (χ1) is 10.2. The van der Waals surface area contributed by atoms with E-state index in [1.165, 1.54) is 5.56 Å². The Kier molecular flexibility index (Phi) is 8.47. The van der Waals surface area contributed by atoms with Crippen LogP contribution < -0.4 is 15.4 Å². The number of hydrogen-bond acceptors (Lipinski definition) is 4. The molecule has 0 bridgehead atoms. The molecule has 1 rings (SSSR count). The summed E-state index contributed by atoms with van der Waals surface area (Å²) in [5.74, 6) is 0.886. The molecule has 0 aliphatic heterocycles. The van der Waals surface area contributed by atoms with E-state index >= 15 is 0 Å². The van der Waals surface area contributed by atoms with Gasteiger partial charge in [0.15, 0.2) is 0 Å². The lowest BCUT2D eigenvalue weighted by Crippen LogP contribution is -2.43. The number of ether oxygens (including phenoxy) is 2. The van der Waals surface area contributed by atoms with Gasteiger partial charge in [-0.3, -0.25) is 4.79 Å². The molecule has 0 saturated carbocycles. The van der Waals surface area contributed by atoms with Gasteiger partial charge in [0, 0.05) is 20.3 Å². The van der Waals surface area contributed by atoms with Crippen LogP contribution in [0.3, 0.4) is 0 Å². The van der Waals surface area contributed by atoms with E-state index < -0.39 is 0 Å². The van der Waals surface area contributed by atoms with Crippen molar-refractivity contribution < 1.29 is 14.3 Å². The highest BCUT2D eigenvalue weighted by Crippen LogP contribution is 2.11. The Bertz CT molecular complexity index is 406. The molecule has 1 amide bonds. The van der Waals surface area contributed by atoms with Crippen LogP contribution >= 0.6 is 0 Å². The number of carbonyl (C=O) groups excluding carboxylic acids is 1. The Labute approximate surface area is 127 Å². The van der Waals surface area contributed by atoms with Crippen molar-refractivity contribution >= 4 is 5.91 Å². The summed E-state index contributed by atoms with van der Waals surface area (Å²) in [6, 6.07) is 7.78. The zero-order chi connectivity index (χ0) is 15.5. The summed E-state index contributed by atoms with van der Waals surface area (Å²) < 4.78 is 10.1. The zero-order valence-electron chi connectivity index (χ0n) is 13.1. The second-order valence-electron chi connectivity index (χ2n) is 4.91. The van der Waals surface area contributed by atoms with Gasteiger partial charge < -0.3 is 20.1 Å². The molecule has 21 heavy (non-hydrogen) atoms. The smallest absolute Gasteiger partial charge is 0.236 e. The lowest BCUT2D eigenvalue weighted by atomic mass is 10.1. The number of benzene rings is 1. The zero-order valence-corrected chi connectivity index (χ0v) is 13.1. The first kappa shape index (κ1) is 17.5. The van der Waals surface area contributed by atoms with E-state index in [0.717, 1.165) is 25.1 Å². The minimum atomic E-state index is -0.189. The maximum absolute atomic E-state index is 11.8. The molecule has 0 aliphatic rings. The maximum atomic E-state index is 11.8. The number of amides is 1. The average Bonchev–Trinajstić information content (AvgIpc) is 2.52. The van der Waals surface area contributed by atoms with E-state index in [4.69, 9.17) is 9.47 Å². The van der Waals surface area contributed by atoms with Gasteiger partial charge in [-0.2, -0.15) is 0 Å². The highest BCUT2D eigenvalue weighted by molar-refractivity contribution is 5.81. The summed E-state index contributed by atoms with van der Waals surface area (Å²) >= 11 is 0. The number of carbonyl (C=O) groups is 1. The largest absolute Gasteiger partial charge is 0.497 e. The molecule has 5 nitrogen and oxygen atoms in total. The first-order valence-corrected chi connectivity index (χ1v) is 7.30. The summed E-state index contributed by atoms with van der Waals surface area (Å²) in [5, 5.41) is 6.11. The normalized spacial score (nSPS) is 12.0. The molecule has 1 aromatic rings. The van der Waals surface area contributed by atoms with Crippen molar-refractivity contribution in [3.63, 3.8) is 0 Å². The van der Waals surface area contributed by atoms with Crippen LogP contribution in [0.1, 0.15) is 18.9 Å². The van der Waals surface area contributed by atoms with Crippen LogP contribution in [0, 0.1) is 0 Å². The Morgan fingerprint density at radius 1 is 1.19 bits per heavy atom. The van der Waals surface area contributed by atoms with Crippen LogP contribution in [-0.4, -0.2) is 45.9 Å². The molecule has 2 N–H and O–H groups in total. The molecule has 0 aromatic heterocycles. The highest BCUT2D eigenvalue weighted by atomic mass is 16.5. The first-order valence-electron chi connectivity index (χ1n) is 7.30. The molecule has 0 heterocycles. The Balaban J connectivity index is 2.19. The van der Waals surface area contributed by atoms with Gasteiger partial charge in [-0.05, 0) is 44.0 Å². The molecule has 0 radical (unpaired) electrons. The van der Waals surface area contributed by atoms with Crippen LogP contribution in [0.4, 0.5) is 0 Å². The van der Waals surface area contributed by atoms with Crippen molar-refractivity contribution in [3.05, 3.63) is 29.8 Å². The van der Waals surface area contributed by atoms with Crippen molar-refractivity contribution in [3.8, 4) is 5.75 Å². The van der Waals surface area contributed by atoms with Crippen molar-refractivity contribution in [2.45, 2.75) is 25.8 Å². The fourth-order valence-corrected chi connectivity index (χ4v) is 1.90. The van der Waals surface area contributed by atoms with Crippen LogP contribution in [0.25, 0.3) is 0 Å².